The number of rotatable bonds is 5. The van der Waals surface area contributed by atoms with Gasteiger partial charge in [-0.05, 0) is 12.1 Å². The molecule has 0 spiro atoms. The van der Waals surface area contributed by atoms with Crippen LogP contribution in [0.25, 0.3) is 0 Å². The maximum Gasteiger partial charge on any atom is 0.310 e. The van der Waals surface area contributed by atoms with E-state index in [4.69, 9.17) is 4.74 Å². The van der Waals surface area contributed by atoms with Gasteiger partial charge in [0, 0.05) is 18.3 Å². The highest BCUT2D eigenvalue weighted by Gasteiger charge is 2.12. The summed E-state index contributed by atoms with van der Waals surface area (Å²) in [7, 11) is 2.75. The molecule has 0 aliphatic carbocycles. The molecule has 0 heterocycles. The Morgan fingerprint density at radius 1 is 1.47 bits per heavy atom. The molecule has 0 saturated carbocycles. The minimum atomic E-state index is -0.418. The Labute approximate surface area is 99.7 Å². The number of hydrogen-bond donors (Lipinski definition) is 1. The Balaban J connectivity index is 2.60. The summed E-state index contributed by atoms with van der Waals surface area (Å²) in [5.74, 6) is -0.803. The second-order valence-electron chi connectivity index (χ2n) is 3.65. The van der Waals surface area contributed by atoms with Crippen molar-refractivity contribution in [2.75, 3.05) is 26.1 Å². The van der Waals surface area contributed by atoms with Crippen molar-refractivity contribution in [3.63, 3.8) is 0 Å². The maximum absolute atomic E-state index is 13.1. The van der Waals surface area contributed by atoms with Crippen LogP contribution in [-0.4, -0.2) is 26.7 Å². The van der Waals surface area contributed by atoms with E-state index in [1.807, 2.05) is 0 Å². The predicted molar refractivity (Wildman–Crippen MR) is 62.6 cm³/mol. The van der Waals surface area contributed by atoms with E-state index in [1.165, 1.54) is 20.3 Å². The molecule has 17 heavy (non-hydrogen) atoms. The van der Waals surface area contributed by atoms with Crippen LogP contribution in [0.4, 0.5) is 10.1 Å². The second-order valence-corrected chi connectivity index (χ2v) is 3.65. The number of ether oxygens (including phenoxy) is 2. The molecule has 1 aromatic carbocycles. The van der Waals surface area contributed by atoms with Crippen molar-refractivity contribution in [2.45, 2.75) is 6.92 Å². The molecule has 1 aromatic rings. The van der Waals surface area contributed by atoms with E-state index in [0.717, 1.165) is 0 Å². The summed E-state index contributed by atoms with van der Waals surface area (Å²) in [6, 6.07) is 4.44. The third kappa shape index (κ3) is 3.62. The highest BCUT2D eigenvalue weighted by Crippen LogP contribution is 2.21. The Bertz CT molecular complexity index is 395. The Morgan fingerprint density at radius 2 is 2.18 bits per heavy atom. The van der Waals surface area contributed by atoms with Crippen LogP contribution in [0, 0.1) is 11.7 Å². The van der Waals surface area contributed by atoms with Crippen molar-refractivity contribution in [3.8, 4) is 5.75 Å². The molecule has 5 heteroatoms. The summed E-state index contributed by atoms with van der Waals surface area (Å²) in [6.07, 6.45) is 0. The molecule has 0 saturated heterocycles. The minimum absolute atomic E-state index is 0.167. The van der Waals surface area contributed by atoms with Crippen molar-refractivity contribution in [3.05, 3.63) is 24.0 Å². The number of anilines is 1. The number of nitrogens with one attached hydrogen (secondary N) is 1. The van der Waals surface area contributed by atoms with Crippen LogP contribution >= 0.6 is 0 Å². The molecule has 0 radical (unpaired) electrons. The fraction of sp³-hybridized carbons (Fsp3) is 0.417. The maximum atomic E-state index is 13.1. The van der Waals surface area contributed by atoms with Crippen molar-refractivity contribution < 1.29 is 18.7 Å². The van der Waals surface area contributed by atoms with Crippen LogP contribution in [0.5, 0.6) is 5.75 Å². The van der Waals surface area contributed by atoms with Crippen molar-refractivity contribution >= 4 is 11.7 Å². The van der Waals surface area contributed by atoms with Gasteiger partial charge in [0.2, 0.25) is 0 Å². The third-order valence-electron chi connectivity index (χ3n) is 2.37. The molecule has 94 valence electrons. The number of benzene rings is 1. The lowest BCUT2D eigenvalue weighted by molar-refractivity contribution is -0.144. The quantitative estimate of drug-likeness (QED) is 0.801. The summed E-state index contributed by atoms with van der Waals surface area (Å²) in [5.41, 5.74) is 0.694. The Morgan fingerprint density at radius 3 is 2.76 bits per heavy atom. The van der Waals surface area contributed by atoms with E-state index in [1.54, 1.807) is 19.1 Å². The molecule has 4 nitrogen and oxygen atoms in total. The molecule has 1 rings (SSSR count). The molecule has 0 aliphatic rings. The summed E-state index contributed by atoms with van der Waals surface area (Å²) >= 11 is 0. The molecule has 1 N–H and O–H groups in total. The molecule has 0 fully saturated rings. The topological polar surface area (TPSA) is 47.6 Å². The van der Waals surface area contributed by atoms with Crippen LogP contribution in [-0.2, 0) is 9.53 Å². The van der Waals surface area contributed by atoms with Gasteiger partial charge in [0.05, 0.1) is 20.1 Å². The molecule has 1 atom stereocenters. The summed E-state index contributed by atoms with van der Waals surface area (Å²) in [5, 5.41) is 3.01. The largest absolute Gasteiger partial charge is 0.494 e. The number of esters is 1. The first kappa shape index (κ1) is 13.3. The Hall–Kier alpha value is -1.78. The summed E-state index contributed by atoms with van der Waals surface area (Å²) < 4.78 is 22.6. The molecule has 1 unspecified atom stereocenters. The summed E-state index contributed by atoms with van der Waals surface area (Å²) in [6.45, 7) is 2.17. The van der Waals surface area contributed by atoms with E-state index in [9.17, 15) is 9.18 Å². The van der Waals surface area contributed by atoms with Crippen LogP contribution in [0.3, 0.4) is 0 Å². The van der Waals surface area contributed by atoms with Crippen LogP contribution in [0.2, 0.25) is 0 Å². The number of hydrogen-bond acceptors (Lipinski definition) is 4. The van der Waals surface area contributed by atoms with Gasteiger partial charge in [-0.15, -0.1) is 0 Å². The molecular formula is C12H16FNO3. The molecule has 0 aliphatic heterocycles. The number of carbonyl (C=O) groups is 1. The predicted octanol–water partition coefficient (Wildman–Crippen LogP) is 2.06. The minimum Gasteiger partial charge on any atom is -0.494 e. The lowest BCUT2D eigenvalue weighted by Crippen LogP contribution is -2.21. The SMILES string of the molecule is COC(=O)C(C)CNc1ccc(F)c(OC)c1. The number of halogens is 1. The van der Waals surface area contributed by atoms with Gasteiger partial charge in [-0.2, -0.15) is 0 Å². The van der Waals surface area contributed by atoms with E-state index in [0.29, 0.717) is 12.2 Å². The van der Waals surface area contributed by atoms with Crippen molar-refractivity contribution in [2.24, 2.45) is 5.92 Å². The highest BCUT2D eigenvalue weighted by molar-refractivity contribution is 5.72. The smallest absolute Gasteiger partial charge is 0.310 e. The fourth-order valence-electron chi connectivity index (χ4n) is 1.33. The van der Waals surface area contributed by atoms with Crippen LogP contribution < -0.4 is 10.1 Å². The normalized spacial score (nSPS) is 11.8. The van der Waals surface area contributed by atoms with Gasteiger partial charge >= 0.3 is 5.97 Å². The zero-order chi connectivity index (χ0) is 12.8. The fourth-order valence-corrected chi connectivity index (χ4v) is 1.33. The molecular weight excluding hydrogens is 225 g/mol. The first-order valence-corrected chi connectivity index (χ1v) is 5.23. The Kier molecular flexibility index (Phi) is 4.75. The van der Waals surface area contributed by atoms with E-state index < -0.39 is 5.82 Å². The van der Waals surface area contributed by atoms with Gasteiger partial charge in [0.15, 0.2) is 11.6 Å². The van der Waals surface area contributed by atoms with E-state index in [2.05, 4.69) is 10.1 Å². The van der Waals surface area contributed by atoms with Gasteiger partial charge in [-0.1, -0.05) is 6.92 Å². The van der Waals surface area contributed by atoms with Gasteiger partial charge < -0.3 is 14.8 Å². The van der Waals surface area contributed by atoms with Crippen molar-refractivity contribution in [1.82, 2.24) is 0 Å². The second kappa shape index (κ2) is 6.08. The third-order valence-corrected chi connectivity index (χ3v) is 2.37. The van der Waals surface area contributed by atoms with Crippen LogP contribution in [0.15, 0.2) is 18.2 Å². The zero-order valence-corrected chi connectivity index (χ0v) is 10.1. The molecule has 0 amide bonds. The number of methoxy groups -OCH3 is 2. The average molecular weight is 241 g/mol. The summed E-state index contributed by atoms with van der Waals surface area (Å²) in [4.78, 5) is 11.2. The first-order valence-electron chi connectivity index (χ1n) is 5.23. The molecule has 0 bridgehead atoms. The first-order chi connectivity index (χ1) is 8.08. The number of carbonyl (C=O) groups excluding carboxylic acids is 1. The highest BCUT2D eigenvalue weighted by atomic mass is 19.1. The average Bonchev–Trinajstić information content (AvgIpc) is 2.36. The lowest BCUT2D eigenvalue weighted by atomic mass is 10.2. The zero-order valence-electron chi connectivity index (χ0n) is 10.1. The van der Waals surface area contributed by atoms with E-state index >= 15 is 0 Å². The van der Waals surface area contributed by atoms with Gasteiger partial charge in [0.1, 0.15) is 0 Å². The van der Waals surface area contributed by atoms with E-state index in [-0.39, 0.29) is 17.6 Å². The monoisotopic (exact) mass is 241 g/mol. The molecule has 0 aromatic heterocycles. The van der Waals surface area contributed by atoms with Gasteiger partial charge in [-0.3, -0.25) is 4.79 Å². The standard InChI is InChI=1S/C12H16FNO3/c1-8(12(15)17-3)7-14-9-4-5-10(13)11(6-9)16-2/h4-6,8,14H,7H2,1-3H3. The van der Waals surface area contributed by atoms with Gasteiger partial charge in [-0.25, -0.2) is 4.39 Å². The van der Waals surface area contributed by atoms with Crippen molar-refractivity contribution in [1.29, 1.82) is 0 Å². The van der Waals surface area contributed by atoms with Gasteiger partial charge in [0.25, 0.3) is 0 Å². The van der Waals surface area contributed by atoms with Crippen LogP contribution in [0.1, 0.15) is 6.92 Å². The lowest BCUT2D eigenvalue weighted by Gasteiger charge is -2.12.